The highest BCUT2D eigenvalue weighted by Gasteiger charge is 2.72. The van der Waals surface area contributed by atoms with Crippen LogP contribution in [0.1, 0.15) is 112 Å². The van der Waals surface area contributed by atoms with Gasteiger partial charge in [-0.05, 0) is 100.0 Å². The number of carbonyl (C=O) groups is 1. The van der Waals surface area contributed by atoms with Gasteiger partial charge in [0.2, 0.25) is 0 Å². The molecule has 214 valence electrons. The van der Waals surface area contributed by atoms with Crippen molar-refractivity contribution in [3.63, 3.8) is 0 Å². The molecule has 0 radical (unpaired) electrons. The van der Waals surface area contributed by atoms with Crippen molar-refractivity contribution in [3.8, 4) is 0 Å². The normalized spacial score (nSPS) is 46.3. The smallest absolute Gasteiger partial charge is 0.302 e. The van der Waals surface area contributed by atoms with Crippen LogP contribution in [0.2, 0.25) is 0 Å². The molecule has 0 aromatic carbocycles. The molecule has 5 heteroatoms. The van der Waals surface area contributed by atoms with Crippen molar-refractivity contribution in [2.24, 2.45) is 46.3 Å². The van der Waals surface area contributed by atoms with Crippen LogP contribution in [0.3, 0.4) is 0 Å². The van der Waals surface area contributed by atoms with Crippen LogP contribution in [0.5, 0.6) is 0 Å². The number of ether oxygens (including phenoxy) is 1. The molecule has 0 aromatic heterocycles. The zero-order valence-electron chi connectivity index (χ0n) is 25.2. The second-order valence-corrected chi connectivity index (χ2v) is 15.1. The van der Waals surface area contributed by atoms with Gasteiger partial charge in [-0.2, -0.15) is 0 Å². The predicted molar refractivity (Wildman–Crippen MR) is 149 cm³/mol. The molecular formula is C32H57NO4. The molecule has 4 saturated carbocycles. The summed E-state index contributed by atoms with van der Waals surface area (Å²) in [6.45, 7) is 13.9. The first-order valence-electron chi connectivity index (χ1n) is 15.4. The molecule has 37 heavy (non-hydrogen) atoms. The van der Waals surface area contributed by atoms with E-state index in [9.17, 15) is 15.0 Å². The largest absolute Gasteiger partial charge is 0.462 e. The van der Waals surface area contributed by atoms with Crippen LogP contribution in [0, 0.1) is 46.3 Å². The number of hydrogen-bond donors (Lipinski definition) is 2. The van der Waals surface area contributed by atoms with Crippen LogP contribution in [0.25, 0.3) is 0 Å². The fourth-order valence-electron chi connectivity index (χ4n) is 10.5. The lowest BCUT2D eigenvalue weighted by Crippen LogP contribution is -2.76. The maximum Gasteiger partial charge on any atom is 0.302 e. The maximum atomic E-state index is 12.6. The van der Waals surface area contributed by atoms with Gasteiger partial charge >= 0.3 is 5.97 Å². The van der Waals surface area contributed by atoms with Gasteiger partial charge in [0.25, 0.3) is 0 Å². The van der Waals surface area contributed by atoms with Gasteiger partial charge in [0, 0.05) is 25.3 Å². The number of nitrogens with zero attached hydrogens (tertiary/aromatic N) is 1. The van der Waals surface area contributed by atoms with E-state index in [-0.39, 0.29) is 17.5 Å². The standard InChI is InChI=1S/C32H57NO4/c1-21(2)10-9-11-22(3)26-12-13-27-25-19-31(35,20-33(7)8)32(36)18-24(37-23(4)34)14-17-30(32,6)28(25)15-16-29(26,27)5/h21-22,24-28,35-36H,9-20H2,1-8H3/t22-,24+,25+,26-,27+,28+,29-,30-,31+,32-/m1/s1. The van der Waals surface area contributed by atoms with E-state index in [1.54, 1.807) is 0 Å². The molecule has 0 bridgehead atoms. The monoisotopic (exact) mass is 519 g/mol. The number of likely N-dealkylation sites (N-methyl/N-ethyl adjacent to an activating group) is 1. The Labute approximate surface area is 227 Å². The first-order chi connectivity index (χ1) is 17.2. The second-order valence-electron chi connectivity index (χ2n) is 15.1. The molecule has 4 aliphatic carbocycles. The van der Waals surface area contributed by atoms with Crippen molar-refractivity contribution < 1.29 is 19.7 Å². The Bertz CT molecular complexity index is 830. The zero-order chi connectivity index (χ0) is 27.4. The number of esters is 1. The maximum absolute atomic E-state index is 12.6. The van der Waals surface area contributed by atoms with Crippen molar-refractivity contribution in [3.05, 3.63) is 0 Å². The number of hydrogen-bond acceptors (Lipinski definition) is 5. The summed E-state index contributed by atoms with van der Waals surface area (Å²) < 4.78 is 5.63. The summed E-state index contributed by atoms with van der Waals surface area (Å²) in [6.07, 6.45) is 11.2. The van der Waals surface area contributed by atoms with Gasteiger partial charge in [-0.25, -0.2) is 0 Å². The highest BCUT2D eigenvalue weighted by Crippen LogP contribution is 2.71. The minimum Gasteiger partial charge on any atom is -0.462 e. The molecule has 5 nitrogen and oxygen atoms in total. The first-order valence-corrected chi connectivity index (χ1v) is 15.4. The van der Waals surface area contributed by atoms with Crippen molar-refractivity contribution in [2.75, 3.05) is 20.6 Å². The van der Waals surface area contributed by atoms with Gasteiger partial charge in [0.15, 0.2) is 0 Å². The summed E-state index contributed by atoms with van der Waals surface area (Å²) in [5.41, 5.74) is -2.53. The highest BCUT2D eigenvalue weighted by molar-refractivity contribution is 5.66. The summed E-state index contributed by atoms with van der Waals surface area (Å²) in [4.78, 5) is 13.8. The first kappa shape index (κ1) is 29.3. The van der Waals surface area contributed by atoms with Crippen molar-refractivity contribution in [2.45, 2.75) is 129 Å². The lowest BCUT2D eigenvalue weighted by molar-refractivity contribution is -0.309. The molecule has 0 saturated heterocycles. The fourth-order valence-corrected chi connectivity index (χ4v) is 10.5. The van der Waals surface area contributed by atoms with Gasteiger partial charge < -0.3 is 19.8 Å². The Morgan fingerprint density at radius 3 is 2.30 bits per heavy atom. The van der Waals surface area contributed by atoms with E-state index in [1.165, 1.54) is 45.4 Å². The predicted octanol–water partition coefficient (Wildman–Crippen LogP) is 6.06. The Kier molecular flexibility index (Phi) is 8.24. The Morgan fingerprint density at radius 1 is 0.973 bits per heavy atom. The quantitative estimate of drug-likeness (QED) is 0.382. The van der Waals surface area contributed by atoms with Gasteiger partial charge in [0.05, 0.1) is 0 Å². The Hall–Kier alpha value is -0.650. The lowest BCUT2D eigenvalue weighted by atomic mass is 9.39. The number of carbonyl (C=O) groups excluding carboxylic acids is 1. The summed E-state index contributed by atoms with van der Waals surface area (Å²) >= 11 is 0. The van der Waals surface area contributed by atoms with Crippen LogP contribution in [-0.4, -0.2) is 59.0 Å². The molecule has 0 heterocycles. The van der Waals surface area contributed by atoms with E-state index in [4.69, 9.17) is 4.74 Å². The van der Waals surface area contributed by atoms with E-state index in [0.29, 0.717) is 42.6 Å². The van der Waals surface area contributed by atoms with Gasteiger partial charge in [-0.3, -0.25) is 4.79 Å². The number of fused-ring (bicyclic) bond motifs is 5. The van der Waals surface area contributed by atoms with E-state index in [0.717, 1.165) is 37.0 Å². The molecule has 4 rings (SSSR count). The van der Waals surface area contributed by atoms with Crippen molar-refractivity contribution in [1.82, 2.24) is 4.90 Å². The molecule has 0 aromatic rings. The average molecular weight is 520 g/mol. The minimum absolute atomic E-state index is 0.296. The third-order valence-electron chi connectivity index (χ3n) is 12.2. The number of rotatable bonds is 8. The summed E-state index contributed by atoms with van der Waals surface area (Å²) in [5.74, 6) is 3.46. The molecule has 4 fully saturated rings. The molecule has 0 spiro atoms. The Morgan fingerprint density at radius 2 is 1.68 bits per heavy atom. The van der Waals surface area contributed by atoms with E-state index in [2.05, 4.69) is 34.6 Å². The lowest BCUT2D eigenvalue weighted by Gasteiger charge is -2.69. The molecule has 0 amide bonds. The van der Waals surface area contributed by atoms with Crippen LogP contribution in [0.4, 0.5) is 0 Å². The third-order valence-corrected chi connectivity index (χ3v) is 12.2. The highest BCUT2D eigenvalue weighted by atomic mass is 16.5. The fraction of sp³-hybridized carbons (Fsp3) is 0.969. The molecular weight excluding hydrogens is 462 g/mol. The molecule has 4 aliphatic rings. The van der Waals surface area contributed by atoms with E-state index >= 15 is 0 Å². The van der Waals surface area contributed by atoms with E-state index in [1.807, 2.05) is 19.0 Å². The summed E-state index contributed by atoms with van der Waals surface area (Å²) in [6, 6.07) is 0. The SMILES string of the molecule is CC(=O)O[C@H]1CC[C@]2(C)[C@H]3CC[C@]4(C)[C@@H]([C@H](C)CCCC(C)C)CC[C@H]4[C@@H]3C[C@](O)(CN(C)C)[C@@]2(O)C1. The minimum atomic E-state index is -1.26. The Balaban J connectivity index is 1.63. The zero-order valence-corrected chi connectivity index (χ0v) is 25.2. The average Bonchev–Trinajstić information content (AvgIpc) is 3.12. The van der Waals surface area contributed by atoms with Gasteiger partial charge in [0.1, 0.15) is 17.3 Å². The van der Waals surface area contributed by atoms with Crippen molar-refractivity contribution >= 4 is 5.97 Å². The van der Waals surface area contributed by atoms with E-state index < -0.39 is 11.2 Å². The van der Waals surface area contributed by atoms with Crippen LogP contribution < -0.4 is 0 Å². The van der Waals surface area contributed by atoms with Gasteiger partial charge in [-0.1, -0.05) is 53.9 Å². The number of aliphatic hydroxyl groups is 2. The summed E-state index contributed by atoms with van der Waals surface area (Å²) in [7, 11) is 3.99. The second kappa shape index (κ2) is 10.4. The van der Waals surface area contributed by atoms with Gasteiger partial charge in [-0.15, -0.1) is 0 Å². The van der Waals surface area contributed by atoms with Crippen LogP contribution >= 0.6 is 0 Å². The van der Waals surface area contributed by atoms with Crippen LogP contribution in [-0.2, 0) is 9.53 Å². The molecule has 10 atom stereocenters. The van der Waals surface area contributed by atoms with Crippen LogP contribution in [0.15, 0.2) is 0 Å². The topological polar surface area (TPSA) is 70.0 Å². The summed E-state index contributed by atoms with van der Waals surface area (Å²) in [5, 5.41) is 25.0. The third kappa shape index (κ3) is 4.92. The molecule has 0 aliphatic heterocycles. The van der Waals surface area contributed by atoms with Crippen molar-refractivity contribution in [1.29, 1.82) is 0 Å². The molecule has 0 unspecified atom stereocenters. The molecule has 2 N–H and O–H groups in total.